The smallest absolute Gasteiger partial charge is 0.191 e. The topological polar surface area (TPSA) is 50.8 Å². The molecule has 2 fully saturated rings. The van der Waals surface area contributed by atoms with Crippen LogP contribution in [-0.2, 0) is 10.2 Å². The maximum absolute atomic E-state index is 6.31. The molecule has 4 nitrogen and oxygen atoms in total. The molecular formula is C15H20ClN3O. The Balaban J connectivity index is 1.69. The van der Waals surface area contributed by atoms with E-state index in [2.05, 4.69) is 16.0 Å². The van der Waals surface area contributed by atoms with Crippen molar-refractivity contribution in [2.75, 3.05) is 32.8 Å². The van der Waals surface area contributed by atoms with E-state index < -0.39 is 0 Å². The molecule has 1 saturated heterocycles. The first-order valence-electron chi connectivity index (χ1n) is 7.09. The van der Waals surface area contributed by atoms with Crippen LogP contribution in [0.25, 0.3) is 0 Å². The van der Waals surface area contributed by atoms with E-state index in [9.17, 15) is 0 Å². The summed E-state index contributed by atoms with van der Waals surface area (Å²) in [4.78, 5) is 6.70. The summed E-state index contributed by atoms with van der Waals surface area (Å²) in [6.45, 7) is 3.83. The van der Waals surface area contributed by atoms with Gasteiger partial charge in [0, 0.05) is 23.5 Å². The molecule has 0 spiro atoms. The van der Waals surface area contributed by atoms with Gasteiger partial charge in [-0.25, -0.2) is 0 Å². The minimum absolute atomic E-state index is 0.106. The van der Waals surface area contributed by atoms with Crippen LogP contribution in [0.5, 0.6) is 0 Å². The largest absolute Gasteiger partial charge is 0.378 e. The quantitative estimate of drug-likeness (QED) is 0.685. The van der Waals surface area contributed by atoms with Crippen LogP contribution in [0.3, 0.4) is 0 Å². The Morgan fingerprint density at radius 2 is 2.00 bits per heavy atom. The maximum atomic E-state index is 6.31. The number of hydrogen-bond donors (Lipinski definition) is 1. The van der Waals surface area contributed by atoms with E-state index >= 15 is 0 Å². The molecule has 2 N–H and O–H groups in total. The van der Waals surface area contributed by atoms with Crippen molar-refractivity contribution in [2.45, 2.75) is 18.3 Å². The van der Waals surface area contributed by atoms with Crippen LogP contribution in [0, 0.1) is 0 Å². The number of ether oxygens (including phenoxy) is 1. The Morgan fingerprint density at radius 1 is 1.30 bits per heavy atom. The monoisotopic (exact) mass is 293 g/mol. The molecule has 0 bridgehead atoms. The third kappa shape index (κ3) is 2.76. The van der Waals surface area contributed by atoms with Crippen molar-refractivity contribution in [2.24, 2.45) is 10.7 Å². The first-order valence-corrected chi connectivity index (χ1v) is 7.47. The molecule has 1 aliphatic carbocycles. The van der Waals surface area contributed by atoms with Gasteiger partial charge in [-0.05, 0) is 24.5 Å². The molecule has 1 aromatic rings. The van der Waals surface area contributed by atoms with Gasteiger partial charge in [-0.2, -0.15) is 0 Å². The zero-order chi connectivity index (χ0) is 14.0. The number of aliphatic imine (C=N–C) groups is 1. The molecular weight excluding hydrogens is 274 g/mol. The SMILES string of the molecule is NC(=NCC1(c2ccccc2Cl)CC1)N1CCOCC1. The van der Waals surface area contributed by atoms with Gasteiger partial charge in [0.05, 0.1) is 19.8 Å². The van der Waals surface area contributed by atoms with Gasteiger partial charge in [0.2, 0.25) is 0 Å². The van der Waals surface area contributed by atoms with Crippen LogP contribution in [0.2, 0.25) is 5.02 Å². The molecule has 1 saturated carbocycles. The highest BCUT2D eigenvalue weighted by Crippen LogP contribution is 2.50. The zero-order valence-corrected chi connectivity index (χ0v) is 12.3. The molecule has 1 heterocycles. The minimum Gasteiger partial charge on any atom is -0.378 e. The Labute approximate surface area is 124 Å². The number of hydrogen-bond acceptors (Lipinski definition) is 2. The van der Waals surface area contributed by atoms with Gasteiger partial charge in [0.25, 0.3) is 0 Å². The number of halogens is 1. The molecule has 3 rings (SSSR count). The summed E-state index contributed by atoms with van der Waals surface area (Å²) in [6.07, 6.45) is 2.27. The molecule has 2 aliphatic rings. The van der Waals surface area contributed by atoms with E-state index in [0.717, 1.165) is 50.7 Å². The van der Waals surface area contributed by atoms with Gasteiger partial charge in [0.15, 0.2) is 5.96 Å². The number of nitrogens with zero attached hydrogens (tertiary/aromatic N) is 2. The van der Waals surface area contributed by atoms with Crippen molar-refractivity contribution in [3.05, 3.63) is 34.9 Å². The Hall–Kier alpha value is -1.26. The van der Waals surface area contributed by atoms with E-state index in [1.165, 1.54) is 5.56 Å². The Kier molecular flexibility index (Phi) is 3.85. The average Bonchev–Trinajstić information content (AvgIpc) is 3.27. The van der Waals surface area contributed by atoms with Gasteiger partial charge in [0.1, 0.15) is 0 Å². The number of nitrogens with two attached hydrogens (primary N) is 1. The molecule has 108 valence electrons. The standard InChI is InChI=1S/C15H20ClN3O/c16-13-4-2-1-3-12(13)15(5-6-15)11-18-14(17)19-7-9-20-10-8-19/h1-4H,5-11H2,(H2,17,18). The highest BCUT2D eigenvalue weighted by molar-refractivity contribution is 6.31. The summed E-state index contributed by atoms with van der Waals surface area (Å²) in [5.41, 5.74) is 7.40. The van der Waals surface area contributed by atoms with Gasteiger partial charge >= 0.3 is 0 Å². The van der Waals surface area contributed by atoms with Crippen LogP contribution in [-0.4, -0.2) is 43.7 Å². The van der Waals surface area contributed by atoms with Crippen LogP contribution >= 0.6 is 11.6 Å². The number of benzene rings is 1. The molecule has 1 aromatic carbocycles. The Morgan fingerprint density at radius 3 is 2.65 bits per heavy atom. The lowest BCUT2D eigenvalue weighted by atomic mass is 9.96. The molecule has 0 atom stereocenters. The average molecular weight is 294 g/mol. The van der Waals surface area contributed by atoms with Crippen LogP contribution < -0.4 is 5.73 Å². The molecule has 0 aromatic heterocycles. The van der Waals surface area contributed by atoms with E-state index in [1.54, 1.807) is 0 Å². The zero-order valence-electron chi connectivity index (χ0n) is 11.5. The van der Waals surface area contributed by atoms with Crippen LogP contribution in [0.1, 0.15) is 18.4 Å². The van der Waals surface area contributed by atoms with E-state index in [1.807, 2.05) is 18.2 Å². The molecule has 20 heavy (non-hydrogen) atoms. The number of morpholine rings is 1. The van der Waals surface area contributed by atoms with Crippen molar-refractivity contribution >= 4 is 17.6 Å². The van der Waals surface area contributed by atoms with Crippen molar-refractivity contribution in [3.63, 3.8) is 0 Å². The van der Waals surface area contributed by atoms with Crippen molar-refractivity contribution in [3.8, 4) is 0 Å². The highest BCUT2D eigenvalue weighted by atomic mass is 35.5. The van der Waals surface area contributed by atoms with E-state index in [0.29, 0.717) is 5.96 Å². The second-order valence-corrected chi connectivity index (χ2v) is 5.94. The second-order valence-electron chi connectivity index (χ2n) is 5.53. The lowest BCUT2D eigenvalue weighted by molar-refractivity contribution is 0.0674. The fourth-order valence-corrected chi connectivity index (χ4v) is 3.02. The van der Waals surface area contributed by atoms with Gasteiger partial charge < -0.3 is 15.4 Å². The summed E-state index contributed by atoms with van der Waals surface area (Å²) in [6, 6.07) is 8.06. The van der Waals surface area contributed by atoms with Crippen molar-refractivity contribution in [1.82, 2.24) is 4.90 Å². The first kappa shape index (κ1) is 13.7. The van der Waals surface area contributed by atoms with Crippen LogP contribution in [0.4, 0.5) is 0 Å². The summed E-state index contributed by atoms with van der Waals surface area (Å²) in [7, 11) is 0. The predicted octanol–water partition coefficient (Wildman–Crippen LogP) is 2.02. The van der Waals surface area contributed by atoms with E-state index in [-0.39, 0.29) is 5.41 Å². The molecule has 0 unspecified atom stereocenters. The third-order valence-electron chi connectivity index (χ3n) is 4.18. The predicted molar refractivity (Wildman–Crippen MR) is 81.2 cm³/mol. The summed E-state index contributed by atoms with van der Waals surface area (Å²) in [5.74, 6) is 0.631. The van der Waals surface area contributed by atoms with Crippen molar-refractivity contribution < 1.29 is 4.74 Å². The highest BCUT2D eigenvalue weighted by Gasteiger charge is 2.45. The minimum atomic E-state index is 0.106. The summed E-state index contributed by atoms with van der Waals surface area (Å²) >= 11 is 6.31. The van der Waals surface area contributed by atoms with Crippen molar-refractivity contribution in [1.29, 1.82) is 0 Å². The normalized spacial score (nSPS) is 21.9. The molecule has 1 aliphatic heterocycles. The molecule has 0 amide bonds. The first-order chi connectivity index (χ1) is 9.71. The number of rotatable bonds is 3. The van der Waals surface area contributed by atoms with Crippen LogP contribution in [0.15, 0.2) is 29.3 Å². The fraction of sp³-hybridized carbons (Fsp3) is 0.533. The molecule has 5 heteroatoms. The summed E-state index contributed by atoms with van der Waals surface area (Å²) in [5, 5.41) is 0.838. The molecule has 0 radical (unpaired) electrons. The number of guanidine groups is 1. The van der Waals surface area contributed by atoms with E-state index in [4.69, 9.17) is 22.1 Å². The maximum Gasteiger partial charge on any atom is 0.191 e. The second kappa shape index (κ2) is 5.62. The Bertz CT molecular complexity index is 508. The van der Waals surface area contributed by atoms with Gasteiger partial charge in [-0.15, -0.1) is 0 Å². The summed E-state index contributed by atoms with van der Waals surface area (Å²) < 4.78 is 5.32. The van der Waals surface area contributed by atoms with Gasteiger partial charge in [-0.1, -0.05) is 29.8 Å². The lowest BCUT2D eigenvalue weighted by Crippen LogP contribution is -2.45. The van der Waals surface area contributed by atoms with Gasteiger partial charge in [-0.3, -0.25) is 4.99 Å². The fourth-order valence-electron chi connectivity index (χ4n) is 2.68. The third-order valence-corrected chi connectivity index (χ3v) is 4.51. The lowest BCUT2D eigenvalue weighted by Gasteiger charge is -2.28.